The smallest absolute Gasteiger partial charge is 0.129 e. The van der Waals surface area contributed by atoms with Gasteiger partial charge in [-0.15, -0.1) is 0 Å². The van der Waals surface area contributed by atoms with Gasteiger partial charge in [-0.1, -0.05) is 0 Å². The molecule has 0 saturated carbocycles. The van der Waals surface area contributed by atoms with Gasteiger partial charge in [0.1, 0.15) is 5.82 Å². The van der Waals surface area contributed by atoms with Gasteiger partial charge in [0.2, 0.25) is 0 Å². The number of nitrogens with zero attached hydrogens (tertiary/aromatic N) is 2. The lowest BCUT2D eigenvalue weighted by Crippen LogP contribution is -2.05. The molecule has 0 radical (unpaired) electrons. The Balaban J connectivity index is 2.61. The first-order valence-electron chi connectivity index (χ1n) is 2.89. The molecular formula is C6H9N3. The van der Waals surface area contributed by atoms with E-state index < -0.39 is 0 Å². The van der Waals surface area contributed by atoms with E-state index in [0.717, 1.165) is 12.2 Å². The van der Waals surface area contributed by atoms with Crippen LogP contribution in [0.15, 0.2) is 18.5 Å². The Morgan fingerprint density at radius 3 is 2.56 bits per heavy atom. The molecule has 48 valence electrons. The molecule has 0 unspecified atom stereocenters. The van der Waals surface area contributed by atoms with Crippen LogP contribution >= 0.6 is 0 Å². The summed E-state index contributed by atoms with van der Waals surface area (Å²) in [5.41, 5.74) is 5.28. The number of hydrogen-bond acceptors (Lipinski definition) is 3. The molecule has 0 saturated heterocycles. The summed E-state index contributed by atoms with van der Waals surface area (Å²) in [5, 5.41) is 0. The Labute approximate surface area is 53.9 Å². The van der Waals surface area contributed by atoms with Crippen molar-refractivity contribution in [2.45, 2.75) is 6.42 Å². The number of rotatable bonds is 2. The molecule has 0 aliphatic heterocycles. The highest BCUT2D eigenvalue weighted by molar-refractivity contribution is 4.88. The fourth-order valence-electron chi connectivity index (χ4n) is 0.588. The Bertz CT molecular complexity index is 161. The van der Waals surface area contributed by atoms with E-state index in [4.69, 9.17) is 5.73 Å². The van der Waals surface area contributed by atoms with Crippen LogP contribution in [0.2, 0.25) is 0 Å². The maximum absolute atomic E-state index is 5.28. The first-order chi connectivity index (χ1) is 4.43. The average Bonchev–Trinajstić information content (AvgIpc) is 1.91. The molecule has 1 aromatic rings. The van der Waals surface area contributed by atoms with Gasteiger partial charge in [0.25, 0.3) is 0 Å². The molecule has 0 spiro atoms. The third-order valence-electron chi connectivity index (χ3n) is 0.987. The van der Waals surface area contributed by atoms with Gasteiger partial charge in [-0.25, -0.2) is 9.97 Å². The lowest BCUT2D eigenvalue weighted by molar-refractivity contribution is 0.867. The van der Waals surface area contributed by atoms with E-state index >= 15 is 0 Å². The van der Waals surface area contributed by atoms with Crippen LogP contribution in [-0.4, -0.2) is 16.5 Å². The first-order valence-corrected chi connectivity index (χ1v) is 2.89. The van der Waals surface area contributed by atoms with E-state index in [9.17, 15) is 0 Å². The van der Waals surface area contributed by atoms with Crippen LogP contribution in [0, 0.1) is 0 Å². The van der Waals surface area contributed by atoms with Crippen LogP contribution in [0.4, 0.5) is 0 Å². The number of aromatic nitrogens is 2. The van der Waals surface area contributed by atoms with Gasteiger partial charge in [-0.2, -0.15) is 0 Å². The second-order valence-electron chi connectivity index (χ2n) is 1.70. The Hall–Kier alpha value is -0.960. The summed E-state index contributed by atoms with van der Waals surface area (Å²) in [4.78, 5) is 7.95. The summed E-state index contributed by atoms with van der Waals surface area (Å²) in [6.45, 7) is 0.615. The van der Waals surface area contributed by atoms with Crippen LogP contribution in [0.25, 0.3) is 0 Å². The molecule has 9 heavy (non-hydrogen) atoms. The van der Waals surface area contributed by atoms with Crippen LogP contribution in [0.5, 0.6) is 0 Å². The van der Waals surface area contributed by atoms with Crippen molar-refractivity contribution in [3.05, 3.63) is 24.3 Å². The zero-order chi connectivity index (χ0) is 6.53. The maximum Gasteiger partial charge on any atom is 0.129 e. The predicted molar refractivity (Wildman–Crippen MR) is 34.8 cm³/mol. The van der Waals surface area contributed by atoms with Gasteiger partial charge in [0.15, 0.2) is 0 Å². The minimum absolute atomic E-state index is 0.615. The van der Waals surface area contributed by atoms with Gasteiger partial charge < -0.3 is 5.73 Å². The predicted octanol–water partition coefficient (Wildman–Crippen LogP) is -0.0222. The summed E-state index contributed by atoms with van der Waals surface area (Å²) in [7, 11) is 0. The molecule has 0 amide bonds. The van der Waals surface area contributed by atoms with Crippen LogP contribution in [-0.2, 0) is 6.42 Å². The second kappa shape index (κ2) is 3.14. The zero-order valence-corrected chi connectivity index (χ0v) is 5.12. The quantitative estimate of drug-likeness (QED) is 0.601. The van der Waals surface area contributed by atoms with Crippen molar-refractivity contribution in [3.8, 4) is 0 Å². The molecule has 3 heteroatoms. The van der Waals surface area contributed by atoms with Crippen LogP contribution in [0.3, 0.4) is 0 Å². The number of hydrogen-bond donors (Lipinski definition) is 1. The second-order valence-corrected chi connectivity index (χ2v) is 1.70. The molecule has 0 aliphatic carbocycles. The highest BCUT2D eigenvalue weighted by Crippen LogP contribution is 1.85. The van der Waals surface area contributed by atoms with E-state index in [1.54, 1.807) is 18.5 Å². The average molecular weight is 123 g/mol. The molecule has 3 nitrogen and oxygen atoms in total. The molecule has 2 N–H and O–H groups in total. The Kier molecular flexibility index (Phi) is 2.15. The van der Waals surface area contributed by atoms with Gasteiger partial charge in [0, 0.05) is 18.8 Å². The van der Waals surface area contributed by atoms with E-state index in [1.807, 2.05) is 0 Å². The highest BCUT2D eigenvalue weighted by atomic mass is 14.9. The largest absolute Gasteiger partial charge is 0.330 e. The normalized spacial score (nSPS) is 9.44. The molecular weight excluding hydrogens is 114 g/mol. The lowest BCUT2D eigenvalue weighted by atomic mass is 10.4. The van der Waals surface area contributed by atoms with Crippen molar-refractivity contribution in [2.75, 3.05) is 6.54 Å². The molecule has 0 aliphatic rings. The number of nitrogens with two attached hydrogens (primary N) is 1. The summed E-state index contributed by atoms with van der Waals surface area (Å²) >= 11 is 0. The van der Waals surface area contributed by atoms with Crippen molar-refractivity contribution in [1.82, 2.24) is 9.97 Å². The van der Waals surface area contributed by atoms with Crippen LogP contribution < -0.4 is 5.73 Å². The summed E-state index contributed by atoms with van der Waals surface area (Å²) in [6, 6.07) is 1.79. The molecule has 1 aromatic heterocycles. The van der Waals surface area contributed by atoms with Gasteiger partial charge in [-0.05, 0) is 12.6 Å². The van der Waals surface area contributed by atoms with E-state index in [1.165, 1.54) is 0 Å². The third kappa shape index (κ3) is 1.77. The van der Waals surface area contributed by atoms with Crippen molar-refractivity contribution >= 4 is 0 Å². The van der Waals surface area contributed by atoms with Crippen molar-refractivity contribution < 1.29 is 0 Å². The summed E-state index contributed by atoms with van der Waals surface area (Å²) < 4.78 is 0. The van der Waals surface area contributed by atoms with Crippen molar-refractivity contribution in [2.24, 2.45) is 5.73 Å². The summed E-state index contributed by atoms with van der Waals surface area (Å²) in [6.07, 6.45) is 4.21. The SMILES string of the molecule is NCCc1ncccn1. The molecule has 0 fully saturated rings. The first kappa shape index (κ1) is 6.16. The van der Waals surface area contributed by atoms with Crippen molar-refractivity contribution in [1.29, 1.82) is 0 Å². The molecule has 0 atom stereocenters. The third-order valence-corrected chi connectivity index (χ3v) is 0.987. The van der Waals surface area contributed by atoms with E-state index in [2.05, 4.69) is 9.97 Å². The Morgan fingerprint density at radius 1 is 1.33 bits per heavy atom. The fraction of sp³-hybridized carbons (Fsp3) is 0.333. The summed E-state index contributed by atoms with van der Waals surface area (Å²) in [5.74, 6) is 0.819. The van der Waals surface area contributed by atoms with Gasteiger partial charge >= 0.3 is 0 Å². The van der Waals surface area contributed by atoms with E-state index in [-0.39, 0.29) is 0 Å². The topological polar surface area (TPSA) is 51.8 Å². The molecule has 1 heterocycles. The van der Waals surface area contributed by atoms with Gasteiger partial charge in [0.05, 0.1) is 0 Å². The lowest BCUT2D eigenvalue weighted by Gasteiger charge is -1.91. The Morgan fingerprint density at radius 2 is 2.00 bits per heavy atom. The minimum Gasteiger partial charge on any atom is -0.330 e. The molecule has 1 rings (SSSR count). The molecule has 0 aromatic carbocycles. The minimum atomic E-state index is 0.615. The maximum atomic E-state index is 5.28. The van der Waals surface area contributed by atoms with Gasteiger partial charge in [-0.3, -0.25) is 0 Å². The monoisotopic (exact) mass is 123 g/mol. The zero-order valence-electron chi connectivity index (χ0n) is 5.12. The fourth-order valence-corrected chi connectivity index (χ4v) is 0.588. The van der Waals surface area contributed by atoms with E-state index in [0.29, 0.717) is 6.54 Å². The molecule has 0 bridgehead atoms. The highest BCUT2D eigenvalue weighted by Gasteiger charge is 1.88. The van der Waals surface area contributed by atoms with Crippen molar-refractivity contribution in [3.63, 3.8) is 0 Å². The van der Waals surface area contributed by atoms with Crippen LogP contribution in [0.1, 0.15) is 5.82 Å². The standard InChI is InChI=1S/C6H9N3/c7-3-2-6-8-4-1-5-9-6/h1,4-5H,2-3,7H2.